The van der Waals surface area contributed by atoms with Gasteiger partial charge in [0.05, 0.1) is 13.2 Å². The number of anilines is 1. The number of nitrogens with one attached hydrogen (secondary N) is 1. The van der Waals surface area contributed by atoms with Crippen LogP contribution in [0.3, 0.4) is 0 Å². The minimum Gasteiger partial charge on any atom is -0.379 e. The first kappa shape index (κ1) is 18.4. The van der Waals surface area contributed by atoms with Gasteiger partial charge in [0.2, 0.25) is 0 Å². The quantitative estimate of drug-likeness (QED) is 0.830. The number of amides is 1. The van der Waals surface area contributed by atoms with Gasteiger partial charge in [0.25, 0.3) is 5.91 Å². The largest absolute Gasteiger partial charge is 0.379 e. The SMILES string of the molecule is CN(Cc1ccccc1)c1cccc(C(=O)NCCN2CCOCC2)c1. The summed E-state index contributed by atoms with van der Waals surface area (Å²) in [6.45, 7) is 5.77. The van der Waals surface area contributed by atoms with E-state index < -0.39 is 0 Å². The van der Waals surface area contributed by atoms with Crippen LogP contribution in [0, 0.1) is 0 Å². The highest BCUT2D eigenvalue weighted by Gasteiger charge is 2.12. The van der Waals surface area contributed by atoms with Crippen LogP contribution in [0.1, 0.15) is 15.9 Å². The third-order valence-electron chi connectivity index (χ3n) is 4.63. The number of ether oxygens (including phenoxy) is 1. The highest BCUT2D eigenvalue weighted by Crippen LogP contribution is 2.17. The average molecular weight is 353 g/mol. The van der Waals surface area contributed by atoms with Gasteiger partial charge < -0.3 is 15.0 Å². The molecule has 0 bridgehead atoms. The minimum absolute atomic E-state index is 0.0202. The molecular formula is C21H27N3O2. The second-order valence-corrected chi connectivity index (χ2v) is 6.60. The van der Waals surface area contributed by atoms with E-state index in [1.54, 1.807) is 0 Å². The van der Waals surface area contributed by atoms with Crippen LogP contribution in [0.4, 0.5) is 5.69 Å². The Labute approximate surface area is 155 Å². The van der Waals surface area contributed by atoms with Crippen molar-refractivity contribution >= 4 is 11.6 Å². The van der Waals surface area contributed by atoms with Crippen molar-refractivity contribution in [1.29, 1.82) is 0 Å². The fourth-order valence-corrected chi connectivity index (χ4v) is 3.09. The summed E-state index contributed by atoms with van der Waals surface area (Å²) in [7, 11) is 2.04. The van der Waals surface area contributed by atoms with E-state index in [4.69, 9.17) is 4.74 Å². The van der Waals surface area contributed by atoms with Crippen molar-refractivity contribution in [3.8, 4) is 0 Å². The molecule has 0 aromatic heterocycles. The topological polar surface area (TPSA) is 44.8 Å². The molecule has 138 valence electrons. The summed E-state index contributed by atoms with van der Waals surface area (Å²) in [6, 6.07) is 18.1. The molecular weight excluding hydrogens is 326 g/mol. The van der Waals surface area contributed by atoms with Crippen LogP contribution in [0.2, 0.25) is 0 Å². The van der Waals surface area contributed by atoms with Crippen molar-refractivity contribution < 1.29 is 9.53 Å². The van der Waals surface area contributed by atoms with E-state index in [0.29, 0.717) is 12.1 Å². The first-order valence-corrected chi connectivity index (χ1v) is 9.16. The number of benzene rings is 2. The van der Waals surface area contributed by atoms with Gasteiger partial charge in [-0.2, -0.15) is 0 Å². The van der Waals surface area contributed by atoms with Gasteiger partial charge >= 0.3 is 0 Å². The van der Waals surface area contributed by atoms with Gasteiger partial charge in [-0.3, -0.25) is 9.69 Å². The summed E-state index contributed by atoms with van der Waals surface area (Å²) >= 11 is 0. The summed E-state index contributed by atoms with van der Waals surface area (Å²) < 4.78 is 5.34. The monoisotopic (exact) mass is 353 g/mol. The van der Waals surface area contributed by atoms with Crippen LogP contribution in [0.5, 0.6) is 0 Å². The molecule has 2 aromatic carbocycles. The van der Waals surface area contributed by atoms with Crippen molar-refractivity contribution in [1.82, 2.24) is 10.2 Å². The summed E-state index contributed by atoms with van der Waals surface area (Å²) in [5, 5.41) is 3.02. The Morgan fingerprint density at radius 3 is 2.65 bits per heavy atom. The third kappa shape index (κ3) is 5.31. The van der Waals surface area contributed by atoms with Crippen LogP contribution in [-0.2, 0) is 11.3 Å². The van der Waals surface area contributed by atoms with Crippen molar-refractivity contribution in [2.75, 3.05) is 51.3 Å². The molecule has 3 rings (SSSR count). The van der Waals surface area contributed by atoms with E-state index in [1.807, 2.05) is 49.5 Å². The Morgan fingerprint density at radius 1 is 1.12 bits per heavy atom. The Balaban J connectivity index is 1.53. The maximum Gasteiger partial charge on any atom is 0.251 e. The predicted octanol–water partition coefficient (Wildman–Crippen LogP) is 2.39. The van der Waals surface area contributed by atoms with Gasteiger partial charge in [-0.05, 0) is 23.8 Å². The highest BCUT2D eigenvalue weighted by atomic mass is 16.5. The van der Waals surface area contributed by atoms with Crippen molar-refractivity contribution in [3.63, 3.8) is 0 Å². The number of morpholine rings is 1. The lowest BCUT2D eigenvalue weighted by Crippen LogP contribution is -2.41. The Bertz CT molecular complexity index is 699. The molecule has 5 nitrogen and oxygen atoms in total. The molecule has 2 aromatic rings. The first-order valence-electron chi connectivity index (χ1n) is 9.16. The number of rotatable bonds is 7. The van der Waals surface area contributed by atoms with Gasteiger partial charge in [0, 0.05) is 51.0 Å². The second-order valence-electron chi connectivity index (χ2n) is 6.60. The highest BCUT2D eigenvalue weighted by molar-refractivity contribution is 5.95. The van der Waals surface area contributed by atoms with E-state index in [1.165, 1.54) is 5.56 Å². The van der Waals surface area contributed by atoms with E-state index in [0.717, 1.165) is 45.1 Å². The molecule has 1 amide bonds. The number of hydrogen-bond donors (Lipinski definition) is 1. The van der Waals surface area contributed by atoms with Crippen molar-refractivity contribution in [2.24, 2.45) is 0 Å². The minimum atomic E-state index is -0.0202. The molecule has 1 aliphatic heterocycles. The Kier molecular flexibility index (Phi) is 6.63. The van der Waals surface area contributed by atoms with E-state index in [-0.39, 0.29) is 5.91 Å². The molecule has 5 heteroatoms. The molecule has 1 N–H and O–H groups in total. The van der Waals surface area contributed by atoms with Gasteiger partial charge in [-0.15, -0.1) is 0 Å². The second kappa shape index (κ2) is 9.36. The number of nitrogens with zero attached hydrogens (tertiary/aromatic N) is 2. The summed E-state index contributed by atoms with van der Waals surface area (Å²) in [6.07, 6.45) is 0. The van der Waals surface area contributed by atoms with E-state index >= 15 is 0 Å². The Morgan fingerprint density at radius 2 is 1.88 bits per heavy atom. The maximum absolute atomic E-state index is 12.4. The molecule has 0 radical (unpaired) electrons. The molecule has 0 unspecified atom stereocenters. The summed E-state index contributed by atoms with van der Waals surface area (Å²) in [4.78, 5) is 16.9. The Hall–Kier alpha value is -2.37. The number of hydrogen-bond acceptors (Lipinski definition) is 4. The zero-order chi connectivity index (χ0) is 18.2. The normalized spacial score (nSPS) is 14.8. The van der Waals surface area contributed by atoms with Gasteiger partial charge in [-0.1, -0.05) is 36.4 Å². The lowest BCUT2D eigenvalue weighted by molar-refractivity contribution is 0.0383. The maximum atomic E-state index is 12.4. The third-order valence-corrected chi connectivity index (χ3v) is 4.63. The molecule has 0 atom stereocenters. The smallest absolute Gasteiger partial charge is 0.251 e. The molecule has 0 aliphatic carbocycles. The zero-order valence-corrected chi connectivity index (χ0v) is 15.4. The zero-order valence-electron chi connectivity index (χ0n) is 15.4. The number of carbonyl (C=O) groups is 1. The van der Waals surface area contributed by atoms with Crippen molar-refractivity contribution in [2.45, 2.75) is 6.54 Å². The van der Waals surface area contributed by atoms with Gasteiger partial charge in [0.15, 0.2) is 0 Å². The van der Waals surface area contributed by atoms with E-state index in [2.05, 4.69) is 27.2 Å². The van der Waals surface area contributed by atoms with Crippen molar-refractivity contribution in [3.05, 3.63) is 65.7 Å². The molecule has 0 spiro atoms. The molecule has 1 fully saturated rings. The molecule has 0 saturated carbocycles. The van der Waals surface area contributed by atoms with Crippen LogP contribution < -0.4 is 10.2 Å². The standard InChI is InChI=1S/C21H27N3O2/c1-23(17-18-6-3-2-4-7-18)20-9-5-8-19(16-20)21(25)22-10-11-24-12-14-26-15-13-24/h2-9,16H,10-15,17H2,1H3,(H,22,25). The van der Waals surface area contributed by atoms with Crippen LogP contribution >= 0.6 is 0 Å². The average Bonchev–Trinajstić information content (AvgIpc) is 2.69. The lowest BCUT2D eigenvalue weighted by Gasteiger charge is -2.26. The predicted molar refractivity (Wildman–Crippen MR) is 105 cm³/mol. The fourth-order valence-electron chi connectivity index (χ4n) is 3.09. The van der Waals surface area contributed by atoms with Gasteiger partial charge in [-0.25, -0.2) is 0 Å². The molecule has 1 saturated heterocycles. The fraction of sp³-hybridized carbons (Fsp3) is 0.381. The summed E-state index contributed by atoms with van der Waals surface area (Å²) in [5.74, 6) is -0.0202. The summed E-state index contributed by atoms with van der Waals surface area (Å²) in [5.41, 5.74) is 2.98. The molecule has 1 aliphatic rings. The van der Waals surface area contributed by atoms with E-state index in [9.17, 15) is 4.79 Å². The van der Waals surface area contributed by atoms with Gasteiger partial charge in [0.1, 0.15) is 0 Å². The van der Waals surface area contributed by atoms with Crippen LogP contribution in [0.15, 0.2) is 54.6 Å². The van der Waals surface area contributed by atoms with Crippen LogP contribution in [-0.4, -0.2) is 57.2 Å². The molecule has 26 heavy (non-hydrogen) atoms. The number of carbonyl (C=O) groups excluding carboxylic acids is 1. The van der Waals surface area contributed by atoms with Crippen LogP contribution in [0.25, 0.3) is 0 Å². The molecule has 1 heterocycles. The first-order chi connectivity index (χ1) is 12.7. The lowest BCUT2D eigenvalue weighted by atomic mass is 10.1.